The molecule has 0 aliphatic carbocycles. The molecule has 1 heterocycles. The summed E-state index contributed by atoms with van der Waals surface area (Å²) in [5.74, 6) is -0.795. The van der Waals surface area contributed by atoms with Gasteiger partial charge in [-0.3, -0.25) is 4.79 Å². The third-order valence-corrected chi connectivity index (χ3v) is 5.46. The molecule has 29 heavy (non-hydrogen) atoms. The Balaban J connectivity index is 1.86. The molecule has 2 N–H and O–H groups in total. The van der Waals surface area contributed by atoms with Gasteiger partial charge in [-0.15, -0.1) is 13.2 Å². The summed E-state index contributed by atoms with van der Waals surface area (Å²) in [7, 11) is 1.62. The number of carbonyl (C=O) groups is 1. The summed E-state index contributed by atoms with van der Waals surface area (Å²) in [6.07, 6.45) is -4.85. The number of benzene rings is 2. The summed E-state index contributed by atoms with van der Waals surface area (Å²) < 4.78 is 41.0. The number of aromatic nitrogens is 1. The average molecular weight is 462 g/mol. The molecule has 3 aromatic rings. The van der Waals surface area contributed by atoms with Crippen LogP contribution in [-0.4, -0.2) is 24.2 Å². The van der Waals surface area contributed by atoms with Crippen molar-refractivity contribution in [2.75, 3.05) is 17.7 Å². The smallest absolute Gasteiger partial charge is 0.404 e. The topological polar surface area (TPSA) is 68.4 Å². The van der Waals surface area contributed by atoms with Crippen molar-refractivity contribution in [1.82, 2.24) is 4.98 Å². The van der Waals surface area contributed by atoms with Crippen LogP contribution in [0.3, 0.4) is 0 Å². The highest BCUT2D eigenvalue weighted by molar-refractivity contribution is 7.18. The quantitative estimate of drug-likeness (QED) is 0.476. The summed E-state index contributed by atoms with van der Waals surface area (Å²) in [6, 6.07) is 10.1. The van der Waals surface area contributed by atoms with E-state index in [1.807, 2.05) is 0 Å². The third-order valence-electron chi connectivity index (χ3n) is 3.77. The van der Waals surface area contributed by atoms with Gasteiger partial charge in [-0.05, 0) is 42.5 Å². The number of nitrogens with two attached hydrogens (primary N) is 1. The molecular formula is C18H12Cl2F3N3O2S. The lowest BCUT2D eigenvalue weighted by molar-refractivity contribution is -0.274. The zero-order valence-electron chi connectivity index (χ0n) is 14.6. The lowest BCUT2D eigenvalue weighted by Crippen LogP contribution is -2.17. The van der Waals surface area contributed by atoms with Crippen LogP contribution in [0.25, 0.3) is 0 Å². The Morgan fingerprint density at radius 2 is 1.83 bits per heavy atom. The molecule has 0 amide bonds. The van der Waals surface area contributed by atoms with E-state index in [1.165, 1.54) is 12.1 Å². The average Bonchev–Trinajstić information content (AvgIpc) is 3.03. The molecule has 0 unspecified atom stereocenters. The number of anilines is 3. The predicted octanol–water partition coefficient (Wildman–Crippen LogP) is 5.93. The molecule has 0 aliphatic heterocycles. The van der Waals surface area contributed by atoms with E-state index in [2.05, 4.69) is 9.72 Å². The summed E-state index contributed by atoms with van der Waals surface area (Å²) in [6.45, 7) is 0. The highest BCUT2D eigenvalue weighted by Crippen LogP contribution is 2.37. The summed E-state index contributed by atoms with van der Waals surface area (Å²) >= 11 is 12.8. The molecule has 0 saturated heterocycles. The minimum atomic E-state index is -4.85. The van der Waals surface area contributed by atoms with Crippen molar-refractivity contribution in [3.05, 3.63) is 63.0 Å². The first kappa shape index (κ1) is 21.2. The zero-order valence-corrected chi connectivity index (χ0v) is 17.0. The highest BCUT2D eigenvalue weighted by atomic mass is 35.5. The molecule has 0 atom stereocenters. The van der Waals surface area contributed by atoms with Crippen molar-refractivity contribution in [1.29, 1.82) is 0 Å². The van der Waals surface area contributed by atoms with Crippen LogP contribution in [0.1, 0.15) is 15.2 Å². The van der Waals surface area contributed by atoms with E-state index < -0.39 is 12.1 Å². The number of thiazole rings is 1. The summed E-state index contributed by atoms with van der Waals surface area (Å²) in [4.78, 5) is 18.6. The highest BCUT2D eigenvalue weighted by Gasteiger charge is 2.32. The van der Waals surface area contributed by atoms with Gasteiger partial charge in [0.1, 0.15) is 16.4 Å². The normalized spacial score (nSPS) is 11.4. The van der Waals surface area contributed by atoms with Crippen molar-refractivity contribution in [3.63, 3.8) is 0 Å². The lowest BCUT2D eigenvalue weighted by atomic mass is 10.1. The molecule has 0 spiro atoms. The van der Waals surface area contributed by atoms with E-state index in [9.17, 15) is 18.0 Å². The number of halogens is 5. The number of alkyl halides is 3. The molecule has 0 aliphatic rings. The number of ketones is 1. The van der Waals surface area contributed by atoms with Crippen molar-refractivity contribution < 1.29 is 22.7 Å². The van der Waals surface area contributed by atoms with E-state index in [-0.39, 0.29) is 21.5 Å². The minimum absolute atomic E-state index is 0.0416. The van der Waals surface area contributed by atoms with Gasteiger partial charge >= 0.3 is 6.36 Å². The minimum Gasteiger partial charge on any atom is -0.404 e. The zero-order chi connectivity index (χ0) is 21.3. The van der Waals surface area contributed by atoms with Crippen molar-refractivity contribution in [3.8, 4) is 5.75 Å². The van der Waals surface area contributed by atoms with Crippen LogP contribution < -0.4 is 15.4 Å². The largest absolute Gasteiger partial charge is 0.573 e. The Morgan fingerprint density at radius 3 is 2.41 bits per heavy atom. The first-order chi connectivity index (χ1) is 13.5. The number of rotatable bonds is 5. The fourth-order valence-corrected chi connectivity index (χ4v) is 3.64. The summed E-state index contributed by atoms with van der Waals surface area (Å²) in [5.41, 5.74) is 6.74. The monoisotopic (exact) mass is 461 g/mol. The fourth-order valence-electron chi connectivity index (χ4n) is 2.37. The van der Waals surface area contributed by atoms with Gasteiger partial charge < -0.3 is 15.4 Å². The van der Waals surface area contributed by atoms with Crippen molar-refractivity contribution >= 4 is 57.0 Å². The van der Waals surface area contributed by atoms with E-state index in [0.29, 0.717) is 21.4 Å². The van der Waals surface area contributed by atoms with Gasteiger partial charge in [-0.2, -0.15) is 0 Å². The molecule has 1 aromatic heterocycles. The molecular weight excluding hydrogens is 450 g/mol. The SMILES string of the molecule is CN(c1ccc(OC(F)(F)F)c(Cl)c1)c1nc(N)c(C(=O)c2ccc(Cl)cc2)s1. The van der Waals surface area contributed by atoms with Crippen LogP contribution in [0, 0.1) is 0 Å². The predicted molar refractivity (Wildman–Crippen MR) is 108 cm³/mol. The van der Waals surface area contributed by atoms with Crippen LogP contribution in [0.4, 0.5) is 29.8 Å². The van der Waals surface area contributed by atoms with Crippen LogP contribution in [0.5, 0.6) is 5.75 Å². The van der Waals surface area contributed by atoms with Gasteiger partial charge in [-0.25, -0.2) is 4.98 Å². The number of hydrogen-bond acceptors (Lipinski definition) is 6. The Bertz CT molecular complexity index is 1060. The third kappa shape index (κ3) is 4.92. The molecule has 2 aromatic carbocycles. The van der Waals surface area contributed by atoms with Gasteiger partial charge in [0.2, 0.25) is 5.78 Å². The second-order valence-corrected chi connectivity index (χ2v) is 7.59. The second kappa shape index (κ2) is 8.10. The number of nitrogen functional groups attached to an aromatic ring is 1. The van der Waals surface area contributed by atoms with Crippen molar-refractivity contribution in [2.45, 2.75) is 6.36 Å². The van der Waals surface area contributed by atoms with Crippen LogP contribution >= 0.6 is 34.5 Å². The van der Waals surface area contributed by atoms with Gasteiger partial charge in [-0.1, -0.05) is 34.5 Å². The standard InChI is InChI=1S/C18H12Cl2F3N3O2S/c1-26(11-6-7-13(12(20)8-11)28-18(21,22)23)17-25-16(24)15(29-17)14(27)9-2-4-10(19)5-3-9/h2-8H,24H2,1H3. The van der Waals surface area contributed by atoms with E-state index in [0.717, 1.165) is 17.4 Å². The summed E-state index contributed by atoms with van der Waals surface area (Å²) in [5, 5.41) is 0.628. The Morgan fingerprint density at radius 1 is 1.17 bits per heavy atom. The molecule has 152 valence electrons. The van der Waals surface area contributed by atoms with Crippen LogP contribution in [-0.2, 0) is 0 Å². The molecule has 0 fully saturated rings. The maximum Gasteiger partial charge on any atom is 0.573 e. The number of carbonyl (C=O) groups excluding carboxylic acids is 1. The van der Waals surface area contributed by atoms with E-state index in [1.54, 1.807) is 36.2 Å². The Kier molecular flexibility index (Phi) is 5.92. The molecule has 0 bridgehead atoms. The first-order valence-electron chi connectivity index (χ1n) is 7.91. The maximum atomic E-state index is 12.7. The number of hydrogen-bond donors (Lipinski definition) is 1. The fraction of sp³-hybridized carbons (Fsp3) is 0.111. The molecule has 0 radical (unpaired) electrons. The Hall–Kier alpha value is -2.49. The maximum absolute atomic E-state index is 12.7. The lowest BCUT2D eigenvalue weighted by Gasteiger charge is -2.17. The van der Waals surface area contributed by atoms with Gasteiger partial charge in [0.25, 0.3) is 0 Å². The van der Waals surface area contributed by atoms with Crippen LogP contribution in [0.15, 0.2) is 42.5 Å². The van der Waals surface area contributed by atoms with Gasteiger partial charge in [0.05, 0.1) is 5.02 Å². The molecule has 0 saturated carbocycles. The number of ether oxygens (including phenoxy) is 1. The van der Waals surface area contributed by atoms with E-state index in [4.69, 9.17) is 28.9 Å². The molecule has 11 heteroatoms. The molecule has 5 nitrogen and oxygen atoms in total. The number of nitrogens with zero attached hydrogens (tertiary/aromatic N) is 2. The van der Waals surface area contributed by atoms with Crippen molar-refractivity contribution in [2.24, 2.45) is 0 Å². The first-order valence-corrected chi connectivity index (χ1v) is 9.48. The molecule has 3 rings (SSSR count). The van der Waals surface area contributed by atoms with Gasteiger partial charge in [0.15, 0.2) is 5.13 Å². The Labute approximate surface area is 177 Å². The van der Waals surface area contributed by atoms with Gasteiger partial charge in [0, 0.05) is 23.3 Å². The van der Waals surface area contributed by atoms with Crippen LogP contribution in [0.2, 0.25) is 10.0 Å². The van der Waals surface area contributed by atoms with E-state index >= 15 is 0 Å². The second-order valence-electron chi connectivity index (χ2n) is 5.77.